The molecular weight excluding hydrogens is 246 g/mol. The average molecular weight is 256 g/mol. The van der Waals surface area contributed by atoms with Gasteiger partial charge in [0.1, 0.15) is 0 Å². The summed E-state index contributed by atoms with van der Waals surface area (Å²) in [7, 11) is 1.73. The van der Waals surface area contributed by atoms with Crippen LogP contribution in [0, 0.1) is 13.8 Å². The molecule has 0 saturated heterocycles. The predicted octanol–water partition coefficient (Wildman–Crippen LogP) is 2.59. The van der Waals surface area contributed by atoms with Gasteiger partial charge in [-0.05, 0) is 13.8 Å². The first-order valence-corrected chi connectivity index (χ1v) is 5.00. The van der Waals surface area contributed by atoms with E-state index in [1.54, 1.807) is 25.6 Å². The van der Waals surface area contributed by atoms with E-state index in [4.69, 9.17) is 34.8 Å². The molecule has 14 heavy (non-hydrogen) atoms. The van der Waals surface area contributed by atoms with Crippen molar-refractivity contribution in [2.24, 2.45) is 7.05 Å². The standard InChI is InChI=1S/C8H9Cl3N2O/c1-4-6(5(2)13(3)12-4)7(14)8(9,10)11/h1-3H3. The van der Waals surface area contributed by atoms with Gasteiger partial charge in [-0.3, -0.25) is 9.48 Å². The van der Waals surface area contributed by atoms with Crippen molar-refractivity contribution in [2.75, 3.05) is 0 Å². The van der Waals surface area contributed by atoms with E-state index in [1.807, 2.05) is 0 Å². The van der Waals surface area contributed by atoms with Crippen LogP contribution in [0.15, 0.2) is 0 Å². The fourth-order valence-corrected chi connectivity index (χ4v) is 1.53. The summed E-state index contributed by atoms with van der Waals surface area (Å²) in [6, 6.07) is 0. The second-order valence-corrected chi connectivity index (χ2v) is 5.28. The lowest BCUT2D eigenvalue weighted by Crippen LogP contribution is -2.20. The van der Waals surface area contributed by atoms with E-state index in [9.17, 15) is 4.79 Å². The number of carbonyl (C=O) groups excluding carboxylic acids is 1. The molecule has 0 spiro atoms. The highest BCUT2D eigenvalue weighted by Crippen LogP contribution is 2.32. The summed E-state index contributed by atoms with van der Waals surface area (Å²) in [4.78, 5) is 11.7. The van der Waals surface area contributed by atoms with E-state index in [-0.39, 0.29) is 0 Å². The molecule has 1 aromatic heterocycles. The minimum atomic E-state index is -1.92. The Kier molecular flexibility index (Phi) is 3.14. The number of alkyl halides is 3. The number of hydrogen-bond donors (Lipinski definition) is 0. The number of carbonyl (C=O) groups is 1. The molecule has 3 nitrogen and oxygen atoms in total. The van der Waals surface area contributed by atoms with Crippen LogP contribution in [0.4, 0.5) is 0 Å². The first-order chi connectivity index (χ1) is 6.25. The van der Waals surface area contributed by atoms with Crippen LogP contribution in [-0.4, -0.2) is 19.4 Å². The van der Waals surface area contributed by atoms with E-state index >= 15 is 0 Å². The summed E-state index contributed by atoms with van der Waals surface area (Å²) in [5.74, 6) is -0.536. The summed E-state index contributed by atoms with van der Waals surface area (Å²) in [5.41, 5.74) is 1.65. The summed E-state index contributed by atoms with van der Waals surface area (Å²) in [5, 5.41) is 4.07. The molecule has 0 N–H and O–H groups in total. The van der Waals surface area contributed by atoms with E-state index in [1.165, 1.54) is 0 Å². The smallest absolute Gasteiger partial charge is 0.253 e. The van der Waals surface area contributed by atoms with E-state index in [2.05, 4.69) is 5.10 Å². The highest BCUT2D eigenvalue weighted by molar-refractivity contribution is 6.77. The third-order valence-corrected chi connectivity index (χ3v) is 2.51. The predicted molar refractivity (Wildman–Crippen MR) is 57.3 cm³/mol. The van der Waals surface area contributed by atoms with Crippen LogP contribution >= 0.6 is 34.8 Å². The third-order valence-electron chi connectivity index (χ3n) is 1.99. The molecule has 0 saturated carbocycles. The van der Waals surface area contributed by atoms with Gasteiger partial charge >= 0.3 is 0 Å². The Morgan fingerprint density at radius 3 is 2.14 bits per heavy atom. The zero-order valence-corrected chi connectivity index (χ0v) is 10.2. The highest BCUT2D eigenvalue weighted by Gasteiger charge is 2.35. The second-order valence-electron chi connectivity index (χ2n) is 3.00. The number of rotatable bonds is 1. The Morgan fingerprint density at radius 2 is 1.86 bits per heavy atom. The zero-order valence-electron chi connectivity index (χ0n) is 7.94. The van der Waals surface area contributed by atoms with Crippen LogP contribution in [0.25, 0.3) is 0 Å². The van der Waals surface area contributed by atoms with Crippen molar-refractivity contribution in [1.29, 1.82) is 0 Å². The SMILES string of the molecule is Cc1nn(C)c(C)c1C(=O)C(Cl)(Cl)Cl. The van der Waals surface area contributed by atoms with E-state index in [0.717, 1.165) is 0 Å². The molecule has 0 aliphatic rings. The maximum absolute atomic E-state index is 11.7. The Labute approximate surface area is 96.9 Å². The van der Waals surface area contributed by atoms with E-state index in [0.29, 0.717) is 17.0 Å². The monoisotopic (exact) mass is 254 g/mol. The van der Waals surface area contributed by atoms with Crippen LogP contribution in [-0.2, 0) is 7.05 Å². The fourth-order valence-electron chi connectivity index (χ4n) is 1.24. The first-order valence-electron chi connectivity index (χ1n) is 3.87. The van der Waals surface area contributed by atoms with Gasteiger partial charge in [0.25, 0.3) is 3.79 Å². The molecule has 1 heterocycles. The molecule has 0 radical (unpaired) electrons. The summed E-state index contributed by atoms with van der Waals surface area (Å²) < 4.78 is -0.336. The van der Waals surface area contributed by atoms with Gasteiger partial charge in [-0.25, -0.2) is 0 Å². The molecule has 0 aliphatic carbocycles. The topological polar surface area (TPSA) is 34.9 Å². The molecule has 0 aromatic carbocycles. The van der Waals surface area contributed by atoms with Crippen molar-refractivity contribution in [2.45, 2.75) is 17.6 Å². The van der Waals surface area contributed by atoms with Gasteiger partial charge in [0.05, 0.1) is 11.3 Å². The normalized spacial score (nSPS) is 11.9. The van der Waals surface area contributed by atoms with Crippen molar-refractivity contribution < 1.29 is 4.79 Å². The molecule has 1 rings (SSSR count). The highest BCUT2D eigenvalue weighted by atomic mass is 35.6. The summed E-state index contributed by atoms with van der Waals surface area (Å²) in [6.07, 6.45) is 0. The third kappa shape index (κ3) is 2.05. The Hall–Kier alpha value is -0.250. The molecule has 6 heteroatoms. The van der Waals surface area contributed by atoms with Crippen LogP contribution in [0.2, 0.25) is 0 Å². The number of hydrogen-bond acceptors (Lipinski definition) is 2. The quantitative estimate of drug-likeness (QED) is 0.571. The maximum Gasteiger partial charge on any atom is 0.253 e. The molecule has 0 unspecified atom stereocenters. The number of Topliss-reactive ketones (excluding diaryl/α,β-unsaturated/α-hetero) is 1. The Balaban J connectivity index is 3.27. The zero-order chi connectivity index (χ0) is 11.1. The van der Waals surface area contributed by atoms with Gasteiger partial charge in [0, 0.05) is 12.7 Å². The van der Waals surface area contributed by atoms with Crippen LogP contribution in [0.5, 0.6) is 0 Å². The molecule has 0 aliphatic heterocycles. The number of halogens is 3. The van der Waals surface area contributed by atoms with Crippen molar-refractivity contribution in [3.63, 3.8) is 0 Å². The van der Waals surface area contributed by atoms with Crippen molar-refractivity contribution in [1.82, 2.24) is 9.78 Å². The van der Waals surface area contributed by atoms with Crippen molar-refractivity contribution >= 4 is 40.6 Å². The van der Waals surface area contributed by atoms with Gasteiger partial charge in [-0.1, -0.05) is 34.8 Å². The largest absolute Gasteiger partial charge is 0.289 e. The molecular formula is C8H9Cl3N2O. The molecule has 0 bridgehead atoms. The van der Waals surface area contributed by atoms with Crippen LogP contribution in [0.3, 0.4) is 0 Å². The van der Waals surface area contributed by atoms with Crippen LogP contribution < -0.4 is 0 Å². The van der Waals surface area contributed by atoms with Crippen LogP contribution in [0.1, 0.15) is 21.7 Å². The van der Waals surface area contributed by atoms with Gasteiger partial charge in [0.15, 0.2) is 0 Å². The summed E-state index contributed by atoms with van der Waals surface area (Å²) >= 11 is 16.5. The van der Waals surface area contributed by atoms with Gasteiger partial charge in [-0.2, -0.15) is 5.10 Å². The average Bonchev–Trinajstić information content (AvgIpc) is 2.24. The number of ketones is 1. The lowest BCUT2D eigenvalue weighted by atomic mass is 10.1. The summed E-state index contributed by atoms with van der Waals surface area (Å²) in [6.45, 7) is 3.46. The minimum absolute atomic E-state index is 0.382. The molecule has 0 atom stereocenters. The minimum Gasteiger partial charge on any atom is -0.289 e. The van der Waals surface area contributed by atoms with Gasteiger partial charge in [-0.15, -0.1) is 0 Å². The van der Waals surface area contributed by atoms with Gasteiger partial charge in [0.2, 0.25) is 5.78 Å². The number of aryl methyl sites for hydroxylation is 2. The molecule has 1 aromatic rings. The van der Waals surface area contributed by atoms with Gasteiger partial charge < -0.3 is 0 Å². The van der Waals surface area contributed by atoms with Crippen molar-refractivity contribution in [3.8, 4) is 0 Å². The lowest BCUT2D eigenvalue weighted by Gasteiger charge is -2.09. The second kappa shape index (κ2) is 3.72. The Morgan fingerprint density at radius 1 is 1.36 bits per heavy atom. The first kappa shape index (κ1) is 11.8. The maximum atomic E-state index is 11.7. The van der Waals surface area contributed by atoms with Crippen molar-refractivity contribution in [3.05, 3.63) is 17.0 Å². The Bertz CT molecular complexity index is 379. The molecule has 0 fully saturated rings. The van der Waals surface area contributed by atoms with E-state index < -0.39 is 9.58 Å². The number of aromatic nitrogens is 2. The molecule has 0 amide bonds. The number of nitrogens with zero attached hydrogens (tertiary/aromatic N) is 2. The lowest BCUT2D eigenvalue weighted by molar-refractivity contribution is 0.0995. The molecule has 78 valence electrons. The fraction of sp³-hybridized carbons (Fsp3) is 0.500.